The van der Waals surface area contributed by atoms with Crippen molar-refractivity contribution >= 4 is 17.7 Å². The number of carbonyl (C=O) groups excluding carboxylic acids is 1. The number of aromatic amines is 1. The van der Waals surface area contributed by atoms with Crippen molar-refractivity contribution in [2.24, 2.45) is 0 Å². The first kappa shape index (κ1) is 14.6. The van der Waals surface area contributed by atoms with Crippen LogP contribution in [0.15, 0.2) is 30.6 Å². The zero-order chi connectivity index (χ0) is 15.4. The highest BCUT2D eigenvalue weighted by atomic mass is 16.4. The minimum atomic E-state index is -1.08. The molecule has 1 heterocycles. The van der Waals surface area contributed by atoms with E-state index in [4.69, 9.17) is 5.11 Å². The van der Waals surface area contributed by atoms with E-state index >= 15 is 0 Å². The van der Waals surface area contributed by atoms with Gasteiger partial charge in [-0.1, -0.05) is 12.1 Å². The number of benzene rings is 1. The lowest BCUT2D eigenvalue weighted by Gasteiger charge is -2.18. The Morgan fingerprint density at radius 1 is 1.43 bits per heavy atom. The fourth-order valence-corrected chi connectivity index (χ4v) is 1.90. The quantitative estimate of drug-likeness (QED) is 0.802. The summed E-state index contributed by atoms with van der Waals surface area (Å²) in [5.74, 6) is -0.432. The Balaban J connectivity index is 2.14. The summed E-state index contributed by atoms with van der Waals surface area (Å²) in [7, 11) is 1.61. The maximum atomic E-state index is 12.1. The molecule has 0 fully saturated rings. The smallest absolute Gasteiger partial charge is 0.337 e. The van der Waals surface area contributed by atoms with Crippen molar-refractivity contribution in [3.8, 4) is 0 Å². The van der Waals surface area contributed by atoms with Crippen LogP contribution in [0.2, 0.25) is 0 Å². The number of rotatable bonds is 4. The maximum Gasteiger partial charge on any atom is 0.337 e. The molecule has 21 heavy (non-hydrogen) atoms. The van der Waals surface area contributed by atoms with Crippen LogP contribution in [-0.4, -0.2) is 39.0 Å². The van der Waals surface area contributed by atoms with E-state index in [2.05, 4.69) is 15.3 Å². The van der Waals surface area contributed by atoms with Crippen molar-refractivity contribution in [2.75, 3.05) is 12.4 Å². The number of carboxylic acid groups (broad SMARTS) is 1. The molecule has 0 atom stereocenters. The van der Waals surface area contributed by atoms with Gasteiger partial charge in [-0.25, -0.2) is 14.6 Å². The highest BCUT2D eigenvalue weighted by Gasteiger charge is 2.17. The van der Waals surface area contributed by atoms with Crippen molar-refractivity contribution in [1.29, 1.82) is 0 Å². The molecule has 0 aliphatic rings. The SMILES string of the molecule is Cc1cccc(C(=O)O)c1NC(=O)N(C)Cc1ncc[nH]1. The van der Waals surface area contributed by atoms with Crippen molar-refractivity contribution < 1.29 is 14.7 Å². The lowest BCUT2D eigenvalue weighted by atomic mass is 10.1. The van der Waals surface area contributed by atoms with Crippen molar-refractivity contribution in [1.82, 2.24) is 14.9 Å². The first-order valence-corrected chi connectivity index (χ1v) is 6.32. The summed E-state index contributed by atoms with van der Waals surface area (Å²) in [6.07, 6.45) is 3.27. The normalized spacial score (nSPS) is 10.2. The van der Waals surface area contributed by atoms with Gasteiger partial charge in [-0.05, 0) is 18.6 Å². The number of anilines is 1. The number of H-pyrrole nitrogens is 1. The van der Waals surface area contributed by atoms with Gasteiger partial charge in [-0.3, -0.25) is 0 Å². The number of amides is 2. The summed E-state index contributed by atoms with van der Waals surface area (Å²) in [6, 6.07) is 4.44. The van der Waals surface area contributed by atoms with Gasteiger partial charge in [0, 0.05) is 19.4 Å². The summed E-state index contributed by atoms with van der Waals surface area (Å²) in [4.78, 5) is 31.7. The summed E-state index contributed by atoms with van der Waals surface area (Å²) < 4.78 is 0. The van der Waals surface area contributed by atoms with E-state index < -0.39 is 12.0 Å². The number of urea groups is 1. The Hall–Kier alpha value is -2.83. The molecule has 1 aromatic heterocycles. The molecule has 2 amide bonds. The highest BCUT2D eigenvalue weighted by Crippen LogP contribution is 2.21. The Kier molecular flexibility index (Phi) is 4.22. The van der Waals surface area contributed by atoms with Gasteiger partial charge in [0.25, 0.3) is 0 Å². The number of hydrogen-bond donors (Lipinski definition) is 3. The van der Waals surface area contributed by atoms with E-state index in [0.717, 1.165) is 0 Å². The minimum Gasteiger partial charge on any atom is -0.478 e. The van der Waals surface area contributed by atoms with Gasteiger partial charge in [0.2, 0.25) is 0 Å². The summed E-state index contributed by atoms with van der Waals surface area (Å²) in [5.41, 5.74) is 1.06. The van der Waals surface area contributed by atoms with Gasteiger partial charge < -0.3 is 20.3 Å². The molecule has 3 N–H and O–H groups in total. The first-order chi connectivity index (χ1) is 9.99. The molecule has 0 saturated heterocycles. The molecule has 7 nitrogen and oxygen atoms in total. The Bertz CT molecular complexity index is 652. The van der Waals surface area contributed by atoms with Crippen LogP contribution < -0.4 is 5.32 Å². The molecule has 7 heteroatoms. The van der Waals surface area contributed by atoms with E-state index in [-0.39, 0.29) is 5.56 Å². The molecule has 0 bridgehead atoms. The van der Waals surface area contributed by atoms with Crippen LogP contribution in [0, 0.1) is 6.92 Å². The van der Waals surface area contributed by atoms with Gasteiger partial charge in [-0.15, -0.1) is 0 Å². The minimum absolute atomic E-state index is 0.0646. The third-order valence-corrected chi connectivity index (χ3v) is 3.02. The standard InChI is InChI=1S/C14H16N4O3/c1-9-4-3-5-10(13(19)20)12(9)17-14(21)18(2)8-11-15-6-7-16-11/h3-7H,8H2,1-2H3,(H,15,16)(H,17,21)(H,19,20). The van der Waals surface area contributed by atoms with Crippen LogP contribution >= 0.6 is 0 Å². The number of imidazole rings is 1. The third-order valence-electron chi connectivity index (χ3n) is 3.02. The monoisotopic (exact) mass is 288 g/mol. The third kappa shape index (κ3) is 3.38. The van der Waals surface area contributed by atoms with Crippen molar-refractivity contribution in [2.45, 2.75) is 13.5 Å². The molecule has 0 saturated carbocycles. The number of nitrogens with zero attached hydrogens (tertiary/aromatic N) is 2. The zero-order valence-electron chi connectivity index (χ0n) is 11.8. The lowest BCUT2D eigenvalue weighted by molar-refractivity contribution is 0.0698. The second kappa shape index (κ2) is 6.08. The van der Waals surface area contributed by atoms with Crippen molar-refractivity contribution in [3.63, 3.8) is 0 Å². The molecule has 2 rings (SSSR count). The van der Waals surface area contributed by atoms with Crippen LogP contribution in [0.25, 0.3) is 0 Å². The summed E-state index contributed by atoms with van der Waals surface area (Å²) >= 11 is 0. The number of aromatic nitrogens is 2. The second-order valence-corrected chi connectivity index (χ2v) is 4.62. The van der Waals surface area contributed by atoms with Gasteiger partial charge >= 0.3 is 12.0 Å². The van der Waals surface area contributed by atoms with Gasteiger partial charge in [0.1, 0.15) is 5.82 Å². The Morgan fingerprint density at radius 2 is 2.19 bits per heavy atom. The van der Waals surface area contributed by atoms with E-state index in [1.165, 1.54) is 11.0 Å². The van der Waals surface area contributed by atoms with Crippen LogP contribution in [-0.2, 0) is 6.54 Å². The number of carbonyl (C=O) groups is 2. The number of aryl methyl sites for hydroxylation is 1. The zero-order valence-corrected chi connectivity index (χ0v) is 11.8. The Morgan fingerprint density at radius 3 is 2.81 bits per heavy atom. The molecule has 2 aromatic rings. The Labute approximate surface area is 121 Å². The summed E-state index contributed by atoms with van der Waals surface area (Å²) in [6.45, 7) is 2.04. The van der Waals surface area contributed by atoms with Crippen LogP contribution in [0.3, 0.4) is 0 Å². The molecule has 0 unspecified atom stereocenters. The van der Waals surface area contributed by atoms with E-state index in [1.807, 2.05) is 0 Å². The van der Waals surface area contributed by atoms with E-state index in [0.29, 0.717) is 23.6 Å². The average Bonchev–Trinajstić information content (AvgIpc) is 2.93. The first-order valence-electron chi connectivity index (χ1n) is 6.32. The van der Waals surface area contributed by atoms with E-state index in [9.17, 15) is 9.59 Å². The predicted octanol–water partition coefficient (Wildman–Crippen LogP) is 2.08. The molecular weight excluding hydrogens is 272 g/mol. The van der Waals surface area contributed by atoms with Crippen LogP contribution in [0.1, 0.15) is 21.7 Å². The number of aromatic carboxylic acids is 1. The molecule has 1 aromatic carbocycles. The van der Waals surface area contributed by atoms with Crippen LogP contribution in [0.4, 0.5) is 10.5 Å². The van der Waals surface area contributed by atoms with Gasteiger partial charge in [0.15, 0.2) is 0 Å². The topological polar surface area (TPSA) is 98.3 Å². The number of hydrogen-bond acceptors (Lipinski definition) is 3. The second-order valence-electron chi connectivity index (χ2n) is 4.62. The number of carboxylic acids is 1. The lowest BCUT2D eigenvalue weighted by Crippen LogP contribution is -2.32. The predicted molar refractivity (Wildman–Crippen MR) is 77.2 cm³/mol. The largest absolute Gasteiger partial charge is 0.478 e. The molecule has 0 radical (unpaired) electrons. The highest BCUT2D eigenvalue weighted by molar-refractivity contribution is 6.00. The molecular formula is C14H16N4O3. The molecule has 0 aliphatic heterocycles. The van der Waals surface area contributed by atoms with Gasteiger partial charge in [-0.2, -0.15) is 0 Å². The maximum absolute atomic E-state index is 12.1. The number of para-hydroxylation sites is 1. The number of nitrogens with one attached hydrogen (secondary N) is 2. The van der Waals surface area contributed by atoms with Gasteiger partial charge in [0.05, 0.1) is 17.8 Å². The van der Waals surface area contributed by atoms with E-state index in [1.54, 1.807) is 38.5 Å². The summed E-state index contributed by atoms with van der Waals surface area (Å²) in [5, 5.41) is 11.8. The fourth-order valence-electron chi connectivity index (χ4n) is 1.90. The van der Waals surface area contributed by atoms with Crippen molar-refractivity contribution in [3.05, 3.63) is 47.5 Å². The fraction of sp³-hybridized carbons (Fsp3) is 0.214. The van der Waals surface area contributed by atoms with Crippen LogP contribution in [0.5, 0.6) is 0 Å². The molecule has 0 aliphatic carbocycles. The molecule has 110 valence electrons. The molecule has 0 spiro atoms. The average molecular weight is 288 g/mol.